The molecule has 0 atom stereocenters. The van der Waals surface area contributed by atoms with Gasteiger partial charge in [0.25, 0.3) is 5.91 Å². The highest BCUT2D eigenvalue weighted by molar-refractivity contribution is 6.27. The van der Waals surface area contributed by atoms with Crippen molar-refractivity contribution >= 4 is 22.5 Å². The maximum Gasteiger partial charge on any atom is 0.254 e. The highest BCUT2D eigenvalue weighted by atomic mass is 16.2. The van der Waals surface area contributed by atoms with E-state index in [1.54, 1.807) is 0 Å². The first-order valence-corrected chi connectivity index (χ1v) is 9.33. The summed E-state index contributed by atoms with van der Waals surface area (Å²) in [6, 6.07) is 17.4. The number of amides is 1. The second kappa shape index (κ2) is 6.03. The summed E-state index contributed by atoms with van der Waals surface area (Å²) in [5.74, 6) is 0.0889. The quantitative estimate of drug-likeness (QED) is 0.525. The third-order valence-electron chi connectivity index (χ3n) is 5.77. The Balaban J connectivity index is 1.69. The molecular weight excluding hydrogens is 336 g/mol. The average Bonchev–Trinajstić information content (AvgIpc) is 2.71. The molecule has 2 aliphatic rings. The van der Waals surface area contributed by atoms with Crippen molar-refractivity contribution in [1.82, 2.24) is 9.80 Å². The molecule has 1 saturated heterocycles. The number of nitrogens with zero attached hydrogens (tertiary/aromatic N) is 2. The third kappa shape index (κ3) is 2.41. The van der Waals surface area contributed by atoms with Crippen LogP contribution in [-0.4, -0.2) is 54.7 Å². The number of ketones is 1. The zero-order valence-electron chi connectivity index (χ0n) is 15.2. The fourth-order valence-electron chi connectivity index (χ4n) is 4.25. The minimum Gasteiger partial charge on any atom is -0.336 e. The minimum absolute atomic E-state index is 0.0351. The van der Waals surface area contributed by atoms with Gasteiger partial charge in [-0.3, -0.25) is 9.59 Å². The molecule has 0 spiro atoms. The van der Waals surface area contributed by atoms with Crippen LogP contribution in [0.15, 0.2) is 54.6 Å². The molecule has 1 fully saturated rings. The number of carbonyl (C=O) groups is 2. The smallest absolute Gasteiger partial charge is 0.254 e. The van der Waals surface area contributed by atoms with E-state index in [0.717, 1.165) is 53.6 Å². The lowest BCUT2D eigenvalue weighted by Crippen LogP contribution is -2.47. The Labute approximate surface area is 158 Å². The summed E-state index contributed by atoms with van der Waals surface area (Å²) in [5, 5.41) is 1.78. The van der Waals surface area contributed by atoms with Crippen LogP contribution in [0.3, 0.4) is 0 Å². The van der Waals surface area contributed by atoms with E-state index in [9.17, 15) is 9.59 Å². The Bertz CT molecular complexity index is 1090. The molecule has 1 amide bonds. The maximum absolute atomic E-state index is 13.2. The first-order chi connectivity index (χ1) is 13.1. The lowest BCUT2D eigenvalue weighted by molar-refractivity contribution is 0.0666. The number of hydrogen-bond donors (Lipinski definition) is 0. The fraction of sp³-hybridized carbons (Fsp3) is 0.217. The molecule has 5 rings (SSSR count). The van der Waals surface area contributed by atoms with Crippen LogP contribution in [-0.2, 0) is 0 Å². The molecule has 1 aliphatic carbocycles. The van der Waals surface area contributed by atoms with Crippen molar-refractivity contribution in [2.75, 3.05) is 33.2 Å². The summed E-state index contributed by atoms with van der Waals surface area (Å²) >= 11 is 0. The number of rotatable bonds is 1. The van der Waals surface area contributed by atoms with Crippen molar-refractivity contribution < 1.29 is 9.59 Å². The normalized spacial score (nSPS) is 16.5. The van der Waals surface area contributed by atoms with E-state index >= 15 is 0 Å². The first kappa shape index (κ1) is 16.2. The van der Waals surface area contributed by atoms with Gasteiger partial charge in [-0.2, -0.15) is 0 Å². The molecule has 0 saturated carbocycles. The van der Waals surface area contributed by atoms with E-state index in [1.807, 2.05) is 59.5 Å². The number of hydrogen-bond acceptors (Lipinski definition) is 3. The Kier molecular flexibility index (Phi) is 3.62. The van der Waals surface area contributed by atoms with Crippen LogP contribution in [0.4, 0.5) is 0 Å². The van der Waals surface area contributed by atoms with Crippen LogP contribution in [0.1, 0.15) is 26.3 Å². The maximum atomic E-state index is 13.2. The topological polar surface area (TPSA) is 40.6 Å². The molecule has 0 aromatic heterocycles. The van der Waals surface area contributed by atoms with Gasteiger partial charge >= 0.3 is 0 Å². The minimum atomic E-state index is 0.0351. The van der Waals surface area contributed by atoms with Crippen molar-refractivity contribution in [3.05, 3.63) is 71.3 Å². The zero-order valence-corrected chi connectivity index (χ0v) is 15.2. The zero-order chi connectivity index (χ0) is 18.5. The predicted molar refractivity (Wildman–Crippen MR) is 106 cm³/mol. The van der Waals surface area contributed by atoms with Gasteiger partial charge in [0.1, 0.15) is 0 Å². The Morgan fingerprint density at radius 1 is 0.778 bits per heavy atom. The van der Waals surface area contributed by atoms with Gasteiger partial charge in [0, 0.05) is 48.3 Å². The summed E-state index contributed by atoms with van der Waals surface area (Å²) in [7, 11) is 2.08. The number of carbonyl (C=O) groups excluding carboxylic acids is 2. The third-order valence-corrected chi connectivity index (χ3v) is 5.77. The molecule has 4 nitrogen and oxygen atoms in total. The van der Waals surface area contributed by atoms with Crippen LogP contribution in [0, 0.1) is 0 Å². The van der Waals surface area contributed by atoms with E-state index in [2.05, 4.69) is 11.9 Å². The van der Waals surface area contributed by atoms with Gasteiger partial charge < -0.3 is 9.80 Å². The molecule has 0 bridgehead atoms. The molecule has 0 N–H and O–H groups in total. The molecular formula is C23H20N2O2. The molecule has 0 radical (unpaired) electrons. The second-order valence-electron chi connectivity index (χ2n) is 7.36. The summed E-state index contributed by atoms with van der Waals surface area (Å²) in [5.41, 5.74) is 4.09. The molecule has 0 unspecified atom stereocenters. The van der Waals surface area contributed by atoms with E-state index in [-0.39, 0.29) is 11.7 Å². The summed E-state index contributed by atoms with van der Waals surface area (Å²) in [4.78, 5) is 30.4. The molecule has 134 valence electrons. The van der Waals surface area contributed by atoms with Gasteiger partial charge in [-0.05, 0) is 29.6 Å². The SMILES string of the molecule is CN1CCN(C(=O)c2ccc3c4c(cccc24)C(=O)c2ccccc2-3)CC1. The second-order valence-corrected chi connectivity index (χ2v) is 7.36. The Hall–Kier alpha value is -2.98. The lowest BCUT2D eigenvalue weighted by atomic mass is 9.81. The van der Waals surface area contributed by atoms with Crippen LogP contribution in [0.5, 0.6) is 0 Å². The van der Waals surface area contributed by atoms with E-state index in [4.69, 9.17) is 0 Å². The van der Waals surface area contributed by atoms with E-state index in [0.29, 0.717) is 11.1 Å². The molecule has 1 heterocycles. The van der Waals surface area contributed by atoms with Gasteiger partial charge in [0.2, 0.25) is 0 Å². The van der Waals surface area contributed by atoms with Crippen LogP contribution >= 0.6 is 0 Å². The molecule has 1 aliphatic heterocycles. The van der Waals surface area contributed by atoms with Crippen LogP contribution < -0.4 is 0 Å². The van der Waals surface area contributed by atoms with Crippen molar-refractivity contribution in [2.24, 2.45) is 0 Å². The molecule has 4 heteroatoms. The van der Waals surface area contributed by atoms with Crippen molar-refractivity contribution in [1.29, 1.82) is 0 Å². The molecule has 3 aromatic rings. The van der Waals surface area contributed by atoms with Gasteiger partial charge in [-0.15, -0.1) is 0 Å². The summed E-state index contributed by atoms with van der Waals surface area (Å²) in [6.45, 7) is 3.25. The van der Waals surface area contributed by atoms with Gasteiger partial charge in [-0.25, -0.2) is 0 Å². The summed E-state index contributed by atoms with van der Waals surface area (Å²) in [6.07, 6.45) is 0. The lowest BCUT2D eigenvalue weighted by Gasteiger charge is -2.33. The van der Waals surface area contributed by atoms with Crippen molar-refractivity contribution in [3.8, 4) is 11.1 Å². The van der Waals surface area contributed by atoms with Crippen molar-refractivity contribution in [2.45, 2.75) is 0 Å². The molecule has 3 aromatic carbocycles. The predicted octanol–water partition coefficient (Wildman–Crippen LogP) is 3.44. The highest BCUT2D eigenvalue weighted by Crippen LogP contribution is 2.40. The van der Waals surface area contributed by atoms with Gasteiger partial charge in [0.05, 0.1) is 0 Å². The van der Waals surface area contributed by atoms with Gasteiger partial charge in [-0.1, -0.05) is 48.5 Å². The Morgan fingerprint density at radius 2 is 1.48 bits per heavy atom. The standard InChI is InChI=1S/C23H20N2O2/c1-24-11-13-25(14-12-24)23(27)19-10-9-17-15-5-2-3-6-18(15)22(26)20-8-4-7-16(19)21(17)20/h2-10H,11-14H2,1H3. The monoisotopic (exact) mass is 356 g/mol. The highest BCUT2D eigenvalue weighted by Gasteiger charge is 2.28. The first-order valence-electron chi connectivity index (χ1n) is 9.33. The molecule has 27 heavy (non-hydrogen) atoms. The number of benzene rings is 3. The fourth-order valence-corrected chi connectivity index (χ4v) is 4.25. The summed E-state index contributed by atoms with van der Waals surface area (Å²) < 4.78 is 0. The number of piperazine rings is 1. The largest absolute Gasteiger partial charge is 0.336 e. The number of fused-ring (bicyclic) bond motifs is 2. The van der Waals surface area contributed by atoms with Crippen LogP contribution in [0.25, 0.3) is 21.9 Å². The Morgan fingerprint density at radius 3 is 2.26 bits per heavy atom. The number of likely N-dealkylation sites (N-methyl/N-ethyl adjacent to an activating group) is 1. The van der Waals surface area contributed by atoms with Crippen molar-refractivity contribution in [3.63, 3.8) is 0 Å². The van der Waals surface area contributed by atoms with Crippen LogP contribution in [0.2, 0.25) is 0 Å². The average molecular weight is 356 g/mol. The van der Waals surface area contributed by atoms with E-state index in [1.165, 1.54) is 0 Å². The van der Waals surface area contributed by atoms with E-state index < -0.39 is 0 Å². The van der Waals surface area contributed by atoms with Gasteiger partial charge in [0.15, 0.2) is 5.78 Å².